The molecule has 0 fully saturated rings. The molecule has 0 bridgehead atoms. The zero-order valence-electron chi connectivity index (χ0n) is 14.0. The van der Waals surface area contributed by atoms with Crippen molar-refractivity contribution in [2.45, 2.75) is 32.8 Å². The molecule has 130 valence electrons. The highest BCUT2D eigenvalue weighted by molar-refractivity contribution is 14.0. The number of hydrogen-bond donors (Lipinski definition) is 2. The van der Waals surface area contributed by atoms with Gasteiger partial charge in [-0.2, -0.15) is 0 Å². The first-order valence-electron chi connectivity index (χ1n) is 7.21. The molecule has 0 aliphatic heterocycles. The van der Waals surface area contributed by atoms with E-state index in [2.05, 4.69) is 15.6 Å². The molecule has 0 saturated heterocycles. The average Bonchev–Trinajstić information content (AvgIpc) is 2.42. The van der Waals surface area contributed by atoms with Gasteiger partial charge in [0.15, 0.2) is 5.96 Å². The summed E-state index contributed by atoms with van der Waals surface area (Å²) in [5.41, 5.74) is 0.582. The number of guanidine groups is 1. The number of carbonyl (C=O) groups is 1. The van der Waals surface area contributed by atoms with E-state index in [0.717, 1.165) is 17.0 Å². The second-order valence-electron chi connectivity index (χ2n) is 5.78. The monoisotopic (exact) mass is 453 g/mol. The van der Waals surface area contributed by atoms with Gasteiger partial charge in [-0.1, -0.05) is 29.8 Å². The molecule has 1 rings (SSSR count). The zero-order chi connectivity index (χ0) is 16.6. The Hall–Kier alpha value is -1.02. The summed E-state index contributed by atoms with van der Waals surface area (Å²) in [5, 5.41) is 6.81. The Morgan fingerprint density at radius 2 is 1.91 bits per heavy atom. The smallest absolute Gasteiger partial charge is 0.325 e. The minimum Gasteiger partial charge on any atom is -0.459 e. The summed E-state index contributed by atoms with van der Waals surface area (Å²) in [7, 11) is 1.65. The summed E-state index contributed by atoms with van der Waals surface area (Å²) >= 11 is 6.10. The molecule has 2 N–H and O–H groups in total. The summed E-state index contributed by atoms with van der Waals surface area (Å²) in [5.74, 6) is 0.236. The number of ether oxygens (including phenoxy) is 1. The van der Waals surface area contributed by atoms with Crippen LogP contribution >= 0.6 is 35.6 Å². The SMILES string of the molecule is CN=C(NCCc1ccccc1Cl)NCC(=O)OC(C)(C)C.I. The molecule has 0 radical (unpaired) electrons. The van der Waals surface area contributed by atoms with Crippen LogP contribution in [0.5, 0.6) is 0 Å². The van der Waals surface area contributed by atoms with Crippen molar-refractivity contribution in [3.63, 3.8) is 0 Å². The lowest BCUT2D eigenvalue weighted by Crippen LogP contribution is -2.42. The van der Waals surface area contributed by atoms with Gasteiger partial charge in [0, 0.05) is 18.6 Å². The van der Waals surface area contributed by atoms with Crippen molar-refractivity contribution in [1.82, 2.24) is 10.6 Å². The molecule has 0 aromatic heterocycles. The molecule has 0 atom stereocenters. The fourth-order valence-corrected chi connectivity index (χ4v) is 2.00. The van der Waals surface area contributed by atoms with E-state index in [9.17, 15) is 4.79 Å². The lowest BCUT2D eigenvalue weighted by atomic mass is 10.1. The van der Waals surface area contributed by atoms with Crippen LogP contribution in [0.15, 0.2) is 29.3 Å². The van der Waals surface area contributed by atoms with E-state index in [1.165, 1.54) is 0 Å². The van der Waals surface area contributed by atoms with Crippen molar-refractivity contribution in [2.24, 2.45) is 4.99 Å². The van der Waals surface area contributed by atoms with Crippen LogP contribution in [0.2, 0.25) is 5.02 Å². The molecule has 0 spiro atoms. The van der Waals surface area contributed by atoms with Gasteiger partial charge in [0.25, 0.3) is 0 Å². The van der Waals surface area contributed by atoms with Gasteiger partial charge in [0.05, 0.1) is 0 Å². The number of hydrogen-bond acceptors (Lipinski definition) is 3. The minimum atomic E-state index is -0.486. The van der Waals surface area contributed by atoms with Gasteiger partial charge in [-0.3, -0.25) is 9.79 Å². The van der Waals surface area contributed by atoms with E-state index in [1.807, 2.05) is 45.0 Å². The van der Waals surface area contributed by atoms with Crippen LogP contribution in [0, 0.1) is 0 Å². The molecule has 0 unspecified atom stereocenters. The van der Waals surface area contributed by atoms with Gasteiger partial charge in [0.1, 0.15) is 12.1 Å². The van der Waals surface area contributed by atoms with E-state index >= 15 is 0 Å². The highest BCUT2D eigenvalue weighted by atomic mass is 127. The quantitative estimate of drug-likeness (QED) is 0.311. The second-order valence-corrected chi connectivity index (χ2v) is 6.19. The number of halogens is 2. The number of carbonyl (C=O) groups excluding carboxylic acids is 1. The van der Waals surface area contributed by atoms with E-state index in [-0.39, 0.29) is 36.5 Å². The molecule has 7 heteroatoms. The normalized spacial score (nSPS) is 11.4. The Morgan fingerprint density at radius 1 is 1.26 bits per heavy atom. The van der Waals surface area contributed by atoms with Crippen LogP contribution < -0.4 is 10.6 Å². The first-order valence-corrected chi connectivity index (χ1v) is 7.59. The molecular formula is C16H25ClIN3O2. The summed E-state index contributed by atoms with van der Waals surface area (Å²) in [6.45, 7) is 6.24. The van der Waals surface area contributed by atoms with Gasteiger partial charge in [-0.15, -0.1) is 24.0 Å². The largest absolute Gasteiger partial charge is 0.459 e. The Kier molecular flexibility index (Phi) is 10.2. The van der Waals surface area contributed by atoms with Crippen LogP contribution in [-0.4, -0.2) is 37.7 Å². The van der Waals surface area contributed by atoms with Crippen molar-refractivity contribution in [3.8, 4) is 0 Å². The van der Waals surface area contributed by atoms with Crippen LogP contribution in [0.25, 0.3) is 0 Å². The van der Waals surface area contributed by atoms with Crippen LogP contribution in [0.4, 0.5) is 0 Å². The molecule has 1 aromatic rings. The lowest BCUT2D eigenvalue weighted by Gasteiger charge is -2.20. The topological polar surface area (TPSA) is 62.7 Å². The van der Waals surface area contributed by atoms with E-state index in [0.29, 0.717) is 12.5 Å². The highest BCUT2D eigenvalue weighted by Gasteiger charge is 2.16. The predicted octanol–water partition coefficient (Wildman–Crippen LogP) is 3.01. The first-order chi connectivity index (χ1) is 10.3. The van der Waals surface area contributed by atoms with Crippen molar-refractivity contribution < 1.29 is 9.53 Å². The fraction of sp³-hybridized carbons (Fsp3) is 0.500. The summed E-state index contributed by atoms with van der Waals surface area (Å²) in [6, 6.07) is 7.71. The summed E-state index contributed by atoms with van der Waals surface area (Å²) < 4.78 is 5.22. The number of aliphatic imine (C=N–C) groups is 1. The van der Waals surface area contributed by atoms with Crippen LogP contribution in [0.3, 0.4) is 0 Å². The first kappa shape index (κ1) is 22.0. The molecule has 0 heterocycles. The van der Waals surface area contributed by atoms with Gasteiger partial charge in [-0.05, 0) is 38.8 Å². The molecular weight excluding hydrogens is 429 g/mol. The van der Waals surface area contributed by atoms with Crippen molar-refractivity contribution >= 4 is 47.5 Å². The van der Waals surface area contributed by atoms with Crippen molar-refractivity contribution in [1.29, 1.82) is 0 Å². The van der Waals surface area contributed by atoms with Crippen molar-refractivity contribution in [3.05, 3.63) is 34.9 Å². The molecule has 0 aliphatic rings. The molecule has 0 amide bonds. The predicted molar refractivity (Wildman–Crippen MR) is 106 cm³/mol. The fourth-order valence-electron chi connectivity index (χ4n) is 1.77. The Balaban J connectivity index is 0.00000484. The Bertz CT molecular complexity index is 530. The minimum absolute atomic E-state index is 0. The van der Waals surface area contributed by atoms with Gasteiger partial charge >= 0.3 is 5.97 Å². The maximum Gasteiger partial charge on any atom is 0.325 e. The number of nitrogens with one attached hydrogen (secondary N) is 2. The van der Waals surface area contributed by atoms with Gasteiger partial charge < -0.3 is 15.4 Å². The third-order valence-electron chi connectivity index (χ3n) is 2.69. The maximum atomic E-state index is 11.6. The number of rotatable bonds is 5. The standard InChI is InChI=1S/C16H24ClN3O2.HI/c1-16(2,3)22-14(21)11-20-15(18-4)19-10-9-12-7-5-6-8-13(12)17;/h5-8H,9-11H2,1-4H3,(H2,18,19,20);1H. The molecule has 23 heavy (non-hydrogen) atoms. The van der Waals surface area contributed by atoms with Crippen LogP contribution in [0.1, 0.15) is 26.3 Å². The van der Waals surface area contributed by atoms with Gasteiger partial charge in [0.2, 0.25) is 0 Å². The highest BCUT2D eigenvalue weighted by Crippen LogP contribution is 2.14. The number of benzene rings is 1. The van der Waals surface area contributed by atoms with Crippen molar-refractivity contribution in [2.75, 3.05) is 20.1 Å². The Labute approximate surface area is 160 Å². The Morgan fingerprint density at radius 3 is 2.48 bits per heavy atom. The summed E-state index contributed by atoms with van der Waals surface area (Å²) in [6.07, 6.45) is 0.771. The number of esters is 1. The summed E-state index contributed by atoms with van der Waals surface area (Å²) in [4.78, 5) is 15.7. The lowest BCUT2D eigenvalue weighted by molar-refractivity contribution is -0.153. The van der Waals surface area contributed by atoms with E-state index < -0.39 is 5.60 Å². The van der Waals surface area contributed by atoms with E-state index in [4.69, 9.17) is 16.3 Å². The molecule has 1 aromatic carbocycles. The molecule has 0 saturated carbocycles. The average molecular weight is 454 g/mol. The third-order valence-corrected chi connectivity index (χ3v) is 3.06. The maximum absolute atomic E-state index is 11.6. The number of nitrogens with zero attached hydrogens (tertiary/aromatic N) is 1. The van der Waals surface area contributed by atoms with Gasteiger partial charge in [-0.25, -0.2) is 0 Å². The molecule has 0 aliphatic carbocycles. The van der Waals surface area contributed by atoms with Crippen LogP contribution in [-0.2, 0) is 16.0 Å². The zero-order valence-corrected chi connectivity index (χ0v) is 17.1. The van der Waals surface area contributed by atoms with E-state index in [1.54, 1.807) is 7.05 Å². The molecule has 5 nitrogen and oxygen atoms in total. The second kappa shape index (κ2) is 10.7. The third kappa shape index (κ3) is 9.65.